The number of H-pyrrole nitrogens is 2. The molecule has 4 rings (SSSR count). The number of pyridine rings is 1. The van der Waals surface area contributed by atoms with Gasteiger partial charge in [-0.15, -0.1) is 0 Å². The van der Waals surface area contributed by atoms with Gasteiger partial charge in [0.05, 0.1) is 11.9 Å². The fourth-order valence-electron chi connectivity index (χ4n) is 3.26. The average Bonchev–Trinajstić information content (AvgIpc) is 3.07. The van der Waals surface area contributed by atoms with Crippen molar-refractivity contribution in [3.63, 3.8) is 0 Å². The number of nitrogens with one attached hydrogen (secondary N) is 2. The quantitative estimate of drug-likeness (QED) is 0.645. The van der Waals surface area contributed by atoms with Gasteiger partial charge in [0.2, 0.25) is 5.65 Å². The number of anilines is 1. The highest BCUT2D eigenvalue weighted by Crippen LogP contribution is 2.32. The van der Waals surface area contributed by atoms with Gasteiger partial charge in [-0.3, -0.25) is 9.89 Å². The van der Waals surface area contributed by atoms with Gasteiger partial charge < -0.3 is 15.6 Å². The van der Waals surface area contributed by atoms with E-state index in [0.29, 0.717) is 29.0 Å². The van der Waals surface area contributed by atoms with Crippen LogP contribution in [-0.4, -0.2) is 44.8 Å². The number of aromatic amines is 2. The molecular weight excluding hydrogens is 354 g/mol. The van der Waals surface area contributed by atoms with Crippen molar-refractivity contribution in [3.8, 4) is 11.3 Å². The molecule has 8 nitrogen and oxygen atoms in total. The lowest BCUT2D eigenvalue weighted by Gasteiger charge is -2.39. The Balaban J connectivity index is 1.66. The minimum atomic E-state index is -0.354. The van der Waals surface area contributed by atoms with Crippen LogP contribution in [0.15, 0.2) is 23.3 Å². The minimum absolute atomic E-state index is 0.0982. The molecule has 1 saturated heterocycles. The second-order valence-electron chi connectivity index (χ2n) is 7.04. The number of rotatable bonds is 3. The smallest absolute Gasteiger partial charge is 0.267 e. The Hall–Kier alpha value is -2.45. The maximum atomic E-state index is 11.7. The van der Waals surface area contributed by atoms with Crippen LogP contribution in [0.1, 0.15) is 19.8 Å². The molecule has 0 amide bonds. The first-order valence-corrected chi connectivity index (χ1v) is 8.92. The first kappa shape index (κ1) is 17.0. The van der Waals surface area contributed by atoms with Gasteiger partial charge in [-0.25, -0.2) is 9.97 Å². The zero-order chi connectivity index (χ0) is 18.3. The number of hydrogen-bond donors (Lipinski definition) is 3. The van der Waals surface area contributed by atoms with Crippen LogP contribution in [0.4, 0.5) is 5.82 Å². The molecule has 4 N–H and O–H groups in total. The number of aromatic nitrogens is 5. The van der Waals surface area contributed by atoms with Crippen molar-refractivity contribution in [2.24, 2.45) is 11.1 Å². The SMILES string of the molecule is CC1(CN)CCN(c2cnc3c(-c4cc[nH]c(=O)c4Cl)[nH]nc3n2)CC1. The Morgan fingerprint density at radius 3 is 2.88 bits per heavy atom. The summed E-state index contributed by atoms with van der Waals surface area (Å²) in [6, 6.07) is 1.71. The molecule has 26 heavy (non-hydrogen) atoms. The molecule has 9 heteroatoms. The third-order valence-electron chi connectivity index (χ3n) is 5.21. The monoisotopic (exact) mass is 373 g/mol. The van der Waals surface area contributed by atoms with Gasteiger partial charge in [-0.2, -0.15) is 5.10 Å². The van der Waals surface area contributed by atoms with E-state index in [9.17, 15) is 4.79 Å². The fourth-order valence-corrected chi connectivity index (χ4v) is 3.47. The zero-order valence-electron chi connectivity index (χ0n) is 14.4. The third-order valence-corrected chi connectivity index (χ3v) is 5.58. The molecule has 0 aromatic carbocycles. The second kappa shape index (κ2) is 6.37. The summed E-state index contributed by atoms with van der Waals surface area (Å²) in [5.74, 6) is 0.798. The molecule has 1 aliphatic heterocycles. The number of halogens is 1. The van der Waals surface area contributed by atoms with Crippen LogP contribution in [0.3, 0.4) is 0 Å². The van der Waals surface area contributed by atoms with E-state index < -0.39 is 0 Å². The third kappa shape index (κ3) is 2.85. The molecule has 4 heterocycles. The molecule has 1 aliphatic rings. The molecule has 3 aromatic heterocycles. The molecule has 0 radical (unpaired) electrons. The van der Waals surface area contributed by atoms with E-state index in [1.807, 2.05) is 0 Å². The van der Waals surface area contributed by atoms with Crippen LogP contribution in [-0.2, 0) is 0 Å². The summed E-state index contributed by atoms with van der Waals surface area (Å²) in [5, 5.41) is 7.25. The lowest BCUT2D eigenvalue weighted by atomic mass is 9.80. The normalized spacial score (nSPS) is 17.0. The van der Waals surface area contributed by atoms with E-state index in [2.05, 4.69) is 37.0 Å². The van der Waals surface area contributed by atoms with E-state index in [4.69, 9.17) is 17.3 Å². The molecule has 0 spiro atoms. The van der Waals surface area contributed by atoms with Crippen molar-refractivity contribution >= 4 is 28.6 Å². The molecular formula is C17H20ClN7O. The Bertz CT molecular complexity index is 1000. The average molecular weight is 374 g/mol. The molecule has 0 aliphatic carbocycles. The maximum absolute atomic E-state index is 11.7. The van der Waals surface area contributed by atoms with Gasteiger partial charge in [0.15, 0.2) is 0 Å². The first-order valence-electron chi connectivity index (χ1n) is 8.54. The number of nitrogens with two attached hydrogens (primary N) is 1. The summed E-state index contributed by atoms with van der Waals surface area (Å²) in [5.41, 5.74) is 7.96. The summed E-state index contributed by atoms with van der Waals surface area (Å²) >= 11 is 6.12. The number of hydrogen-bond acceptors (Lipinski definition) is 6. The molecule has 3 aromatic rings. The summed E-state index contributed by atoms with van der Waals surface area (Å²) in [7, 11) is 0. The van der Waals surface area contributed by atoms with E-state index >= 15 is 0 Å². The highest BCUT2D eigenvalue weighted by molar-refractivity contribution is 6.33. The molecule has 136 valence electrons. The van der Waals surface area contributed by atoms with Gasteiger partial charge in [0.1, 0.15) is 16.4 Å². The highest BCUT2D eigenvalue weighted by Gasteiger charge is 2.29. The lowest BCUT2D eigenvalue weighted by Crippen LogP contribution is -2.42. The second-order valence-corrected chi connectivity index (χ2v) is 7.41. The Labute approximate surface area is 154 Å². The van der Waals surface area contributed by atoms with Gasteiger partial charge in [0.25, 0.3) is 5.56 Å². The Morgan fingerprint density at radius 1 is 1.38 bits per heavy atom. The van der Waals surface area contributed by atoms with Crippen molar-refractivity contribution in [2.75, 3.05) is 24.5 Å². The summed E-state index contributed by atoms with van der Waals surface area (Å²) < 4.78 is 0. The Morgan fingerprint density at radius 2 is 2.15 bits per heavy atom. The minimum Gasteiger partial charge on any atom is -0.355 e. The van der Waals surface area contributed by atoms with Gasteiger partial charge >= 0.3 is 0 Å². The molecule has 0 saturated carbocycles. The maximum Gasteiger partial charge on any atom is 0.267 e. The molecule has 0 bridgehead atoms. The topological polar surface area (TPSA) is 117 Å². The molecule has 0 atom stereocenters. The van der Waals surface area contributed by atoms with Crippen LogP contribution < -0.4 is 16.2 Å². The van der Waals surface area contributed by atoms with Gasteiger partial charge in [0, 0.05) is 24.8 Å². The van der Waals surface area contributed by atoms with Crippen molar-refractivity contribution in [2.45, 2.75) is 19.8 Å². The van der Waals surface area contributed by atoms with Crippen molar-refractivity contribution in [1.82, 2.24) is 25.1 Å². The number of piperidine rings is 1. The van der Waals surface area contributed by atoms with Crippen LogP contribution in [0, 0.1) is 5.41 Å². The van der Waals surface area contributed by atoms with Crippen LogP contribution in [0.2, 0.25) is 5.02 Å². The van der Waals surface area contributed by atoms with Gasteiger partial charge in [-0.1, -0.05) is 18.5 Å². The number of fused-ring (bicyclic) bond motifs is 1. The predicted octanol–water partition coefficient (Wildman–Crippen LogP) is 1.93. The van der Waals surface area contributed by atoms with Crippen molar-refractivity contribution < 1.29 is 0 Å². The summed E-state index contributed by atoms with van der Waals surface area (Å²) in [6.07, 6.45) is 5.34. The number of nitrogens with zero attached hydrogens (tertiary/aromatic N) is 4. The highest BCUT2D eigenvalue weighted by atomic mass is 35.5. The fraction of sp³-hybridized carbons (Fsp3) is 0.412. The molecule has 0 unspecified atom stereocenters. The van der Waals surface area contributed by atoms with Crippen LogP contribution >= 0.6 is 11.6 Å². The predicted molar refractivity (Wildman–Crippen MR) is 101 cm³/mol. The van der Waals surface area contributed by atoms with Crippen molar-refractivity contribution in [3.05, 3.63) is 33.8 Å². The van der Waals surface area contributed by atoms with Gasteiger partial charge in [-0.05, 0) is 30.9 Å². The van der Waals surface area contributed by atoms with E-state index in [-0.39, 0.29) is 16.0 Å². The van der Waals surface area contributed by atoms with E-state index in [1.165, 1.54) is 0 Å². The summed E-state index contributed by atoms with van der Waals surface area (Å²) in [6.45, 7) is 4.71. The molecule has 1 fully saturated rings. The van der Waals surface area contributed by atoms with Crippen LogP contribution in [0.25, 0.3) is 22.4 Å². The van der Waals surface area contributed by atoms with E-state index in [1.54, 1.807) is 18.5 Å². The Kier molecular flexibility index (Phi) is 4.16. The summed E-state index contributed by atoms with van der Waals surface area (Å²) in [4.78, 5) is 25.6. The lowest BCUT2D eigenvalue weighted by molar-refractivity contribution is 0.258. The zero-order valence-corrected chi connectivity index (χ0v) is 15.2. The van der Waals surface area contributed by atoms with E-state index in [0.717, 1.165) is 31.7 Å². The first-order chi connectivity index (χ1) is 12.5. The standard InChI is InChI=1S/C17H20ClN7O/c1-17(9-19)3-6-25(7-4-17)11-8-21-14-13(23-24-15(14)22-11)10-2-5-20-16(26)12(10)18/h2,5,8H,3-4,6-7,9,19H2,1H3,(H,20,26)(H,22,23,24). The van der Waals surface area contributed by atoms with Crippen LogP contribution in [0.5, 0.6) is 0 Å². The van der Waals surface area contributed by atoms with Crippen molar-refractivity contribution in [1.29, 1.82) is 0 Å². The largest absolute Gasteiger partial charge is 0.355 e.